The Labute approximate surface area is 88.1 Å². The Bertz CT molecular complexity index is 512. The third kappa shape index (κ3) is 1.70. The molecule has 0 bridgehead atoms. The average Bonchev–Trinajstić information content (AvgIpc) is 2.30. The first-order valence-corrected chi connectivity index (χ1v) is 4.59. The molecule has 0 aliphatic rings. The molecule has 3 heteroatoms. The molecular formula is C12H9N3. The van der Waals surface area contributed by atoms with E-state index in [1.54, 1.807) is 24.7 Å². The fraction of sp³-hybridized carbons (Fsp3) is 0.0833. The quantitative estimate of drug-likeness (QED) is 0.701. The summed E-state index contributed by atoms with van der Waals surface area (Å²) in [5.41, 5.74) is 3.31. The number of nitriles is 1. The van der Waals surface area contributed by atoms with Gasteiger partial charge in [0.1, 0.15) is 0 Å². The van der Waals surface area contributed by atoms with Crippen LogP contribution in [0, 0.1) is 18.3 Å². The number of nitrogens with zero attached hydrogens (tertiary/aromatic N) is 3. The van der Waals surface area contributed by atoms with E-state index in [2.05, 4.69) is 16.0 Å². The van der Waals surface area contributed by atoms with Gasteiger partial charge in [-0.2, -0.15) is 5.26 Å². The standard InChI is InChI=1S/C12H9N3/c1-9-10(7-13)4-6-15-12(9)11-3-2-5-14-8-11/h2-6,8H,1H3. The molecule has 2 heterocycles. The number of aromatic nitrogens is 2. The Balaban J connectivity index is 2.61. The van der Waals surface area contributed by atoms with E-state index in [4.69, 9.17) is 5.26 Å². The number of hydrogen-bond acceptors (Lipinski definition) is 3. The van der Waals surface area contributed by atoms with Crippen molar-refractivity contribution in [3.05, 3.63) is 47.9 Å². The van der Waals surface area contributed by atoms with Crippen LogP contribution in [-0.4, -0.2) is 9.97 Å². The molecule has 2 aromatic rings. The normalized spacial score (nSPS) is 9.60. The summed E-state index contributed by atoms with van der Waals surface area (Å²) < 4.78 is 0. The summed E-state index contributed by atoms with van der Waals surface area (Å²) in [5, 5.41) is 8.90. The maximum absolute atomic E-state index is 8.90. The molecular weight excluding hydrogens is 186 g/mol. The van der Waals surface area contributed by atoms with E-state index < -0.39 is 0 Å². The first-order valence-electron chi connectivity index (χ1n) is 4.59. The number of rotatable bonds is 1. The van der Waals surface area contributed by atoms with Crippen molar-refractivity contribution in [2.45, 2.75) is 6.92 Å². The van der Waals surface area contributed by atoms with Crippen LogP contribution >= 0.6 is 0 Å². The van der Waals surface area contributed by atoms with E-state index >= 15 is 0 Å². The van der Waals surface area contributed by atoms with Gasteiger partial charge >= 0.3 is 0 Å². The number of pyridine rings is 2. The monoisotopic (exact) mass is 195 g/mol. The molecule has 3 nitrogen and oxygen atoms in total. The summed E-state index contributed by atoms with van der Waals surface area (Å²) in [6.45, 7) is 1.90. The third-order valence-electron chi connectivity index (χ3n) is 2.26. The molecule has 0 saturated carbocycles. The number of hydrogen-bond donors (Lipinski definition) is 0. The van der Waals surface area contributed by atoms with Gasteiger partial charge in [-0.05, 0) is 30.7 Å². The second kappa shape index (κ2) is 3.89. The predicted octanol–water partition coefficient (Wildman–Crippen LogP) is 2.32. The maximum atomic E-state index is 8.90. The molecule has 0 N–H and O–H groups in total. The highest BCUT2D eigenvalue weighted by Crippen LogP contribution is 2.21. The molecule has 0 amide bonds. The summed E-state index contributed by atoms with van der Waals surface area (Å²) in [6.07, 6.45) is 5.11. The van der Waals surface area contributed by atoms with Gasteiger partial charge in [-0.1, -0.05) is 0 Å². The lowest BCUT2D eigenvalue weighted by atomic mass is 10.0. The molecule has 0 fully saturated rings. The van der Waals surface area contributed by atoms with E-state index in [-0.39, 0.29) is 0 Å². The smallest absolute Gasteiger partial charge is 0.0995 e. The van der Waals surface area contributed by atoms with Crippen molar-refractivity contribution in [3.63, 3.8) is 0 Å². The Morgan fingerprint density at radius 1 is 1.27 bits per heavy atom. The average molecular weight is 195 g/mol. The fourth-order valence-electron chi connectivity index (χ4n) is 1.45. The molecule has 0 saturated heterocycles. The molecule has 72 valence electrons. The van der Waals surface area contributed by atoms with Crippen molar-refractivity contribution >= 4 is 0 Å². The molecule has 0 atom stereocenters. The van der Waals surface area contributed by atoms with Crippen LogP contribution in [0.1, 0.15) is 11.1 Å². The Morgan fingerprint density at radius 2 is 2.13 bits per heavy atom. The lowest BCUT2D eigenvalue weighted by Crippen LogP contribution is -1.91. The van der Waals surface area contributed by atoms with E-state index in [9.17, 15) is 0 Å². The zero-order valence-corrected chi connectivity index (χ0v) is 8.31. The molecule has 2 rings (SSSR count). The van der Waals surface area contributed by atoms with Crippen LogP contribution in [0.4, 0.5) is 0 Å². The van der Waals surface area contributed by atoms with Crippen molar-refractivity contribution in [2.75, 3.05) is 0 Å². The van der Waals surface area contributed by atoms with Gasteiger partial charge in [0.15, 0.2) is 0 Å². The Morgan fingerprint density at radius 3 is 2.80 bits per heavy atom. The maximum Gasteiger partial charge on any atom is 0.0995 e. The third-order valence-corrected chi connectivity index (χ3v) is 2.26. The van der Waals surface area contributed by atoms with E-state index in [0.717, 1.165) is 16.8 Å². The van der Waals surface area contributed by atoms with Crippen molar-refractivity contribution in [1.29, 1.82) is 5.26 Å². The minimum Gasteiger partial charge on any atom is -0.264 e. The van der Waals surface area contributed by atoms with Gasteiger partial charge in [-0.25, -0.2) is 0 Å². The van der Waals surface area contributed by atoms with Gasteiger partial charge in [0.2, 0.25) is 0 Å². The lowest BCUT2D eigenvalue weighted by molar-refractivity contribution is 1.23. The first-order chi connectivity index (χ1) is 7.33. The molecule has 2 aromatic heterocycles. The molecule has 0 aliphatic heterocycles. The topological polar surface area (TPSA) is 49.6 Å². The van der Waals surface area contributed by atoms with Gasteiger partial charge in [-0.3, -0.25) is 9.97 Å². The van der Waals surface area contributed by atoms with Crippen LogP contribution in [0.15, 0.2) is 36.8 Å². The van der Waals surface area contributed by atoms with Crippen LogP contribution < -0.4 is 0 Å². The molecule has 0 spiro atoms. The van der Waals surface area contributed by atoms with Gasteiger partial charge in [0.25, 0.3) is 0 Å². The van der Waals surface area contributed by atoms with Crippen molar-refractivity contribution in [3.8, 4) is 17.3 Å². The molecule has 0 aromatic carbocycles. The highest BCUT2D eigenvalue weighted by molar-refractivity contribution is 5.64. The summed E-state index contributed by atoms with van der Waals surface area (Å²) >= 11 is 0. The largest absolute Gasteiger partial charge is 0.264 e. The van der Waals surface area contributed by atoms with Gasteiger partial charge in [0, 0.05) is 24.2 Å². The van der Waals surface area contributed by atoms with Gasteiger partial charge < -0.3 is 0 Å². The van der Waals surface area contributed by atoms with Crippen molar-refractivity contribution in [2.24, 2.45) is 0 Å². The Hall–Kier alpha value is -2.21. The summed E-state index contributed by atoms with van der Waals surface area (Å²) in [6, 6.07) is 7.65. The second-order valence-corrected chi connectivity index (χ2v) is 3.19. The summed E-state index contributed by atoms with van der Waals surface area (Å²) in [7, 11) is 0. The van der Waals surface area contributed by atoms with Crippen molar-refractivity contribution in [1.82, 2.24) is 9.97 Å². The SMILES string of the molecule is Cc1c(C#N)ccnc1-c1cccnc1. The van der Waals surface area contributed by atoms with Crippen LogP contribution in [0.5, 0.6) is 0 Å². The highest BCUT2D eigenvalue weighted by atomic mass is 14.7. The minimum absolute atomic E-state index is 0.656. The van der Waals surface area contributed by atoms with E-state index in [1.165, 1.54) is 0 Å². The summed E-state index contributed by atoms with van der Waals surface area (Å²) in [5.74, 6) is 0. The second-order valence-electron chi connectivity index (χ2n) is 3.19. The van der Waals surface area contributed by atoms with Gasteiger partial charge in [0.05, 0.1) is 17.3 Å². The minimum atomic E-state index is 0.656. The molecule has 0 unspecified atom stereocenters. The first kappa shape index (κ1) is 9.35. The Kier molecular flexibility index (Phi) is 2.42. The fourth-order valence-corrected chi connectivity index (χ4v) is 1.45. The molecule has 0 aliphatic carbocycles. The van der Waals surface area contributed by atoms with Gasteiger partial charge in [-0.15, -0.1) is 0 Å². The van der Waals surface area contributed by atoms with Crippen LogP contribution in [0.2, 0.25) is 0 Å². The molecule has 0 radical (unpaired) electrons. The van der Waals surface area contributed by atoms with Crippen LogP contribution in [-0.2, 0) is 0 Å². The highest BCUT2D eigenvalue weighted by Gasteiger charge is 2.06. The van der Waals surface area contributed by atoms with Crippen LogP contribution in [0.3, 0.4) is 0 Å². The van der Waals surface area contributed by atoms with Crippen molar-refractivity contribution < 1.29 is 0 Å². The zero-order chi connectivity index (χ0) is 10.7. The zero-order valence-electron chi connectivity index (χ0n) is 8.31. The van der Waals surface area contributed by atoms with E-state index in [1.807, 2.05) is 19.1 Å². The predicted molar refractivity (Wildman–Crippen MR) is 56.9 cm³/mol. The molecule has 15 heavy (non-hydrogen) atoms. The lowest BCUT2D eigenvalue weighted by Gasteiger charge is -2.04. The van der Waals surface area contributed by atoms with E-state index in [0.29, 0.717) is 5.56 Å². The van der Waals surface area contributed by atoms with Crippen LogP contribution in [0.25, 0.3) is 11.3 Å². The summed E-state index contributed by atoms with van der Waals surface area (Å²) in [4.78, 5) is 8.30.